The summed E-state index contributed by atoms with van der Waals surface area (Å²) in [4.78, 5) is 23.5. The number of rotatable bonds is 7. The van der Waals surface area contributed by atoms with Crippen LogP contribution in [0.15, 0.2) is 60.7 Å². The topological polar surface area (TPSA) is 52.6 Å². The fraction of sp³-hybridized carbons (Fsp3) is 0.263. The van der Waals surface area contributed by atoms with Gasteiger partial charge >= 0.3 is 11.9 Å². The third kappa shape index (κ3) is 6.34. The van der Waals surface area contributed by atoms with Crippen molar-refractivity contribution in [2.24, 2.45) is 0 Å². The van der Waals surface area contributed by atoms with Gasteiger partial charge in [-0.3, -0.25) is 9.59 Å². The SMILES string of the molecule is CC(COC(=O)Cc1ccccc1)OC(=O)Cc1ccccc1. The molecule has 0 aliphatic carbocycles. The average Bonchev–Trinajstić information content (AvgIpc) is 2.55. The van der Waals surface area contributed by atoms with E-state index in [1.54, 1.807) is 6.92 Å². The van der Waals surface area contributed by atoms with E-state index in [0.717, 1.165) is 11.1 Å². The Labute approximate surface area is 136 Å². The summed E-state index contributed by atoms with van der Waals surface area (Å²) in [5, 5.41) is 0. The Kier molecular flexibility index (Phi) is 6.36. The van der Waals surface area contributed by atoms with Crippen LogP contribution in [0, 0.1) is 0 Å². The van der Waals surface area contributed by atoms with E-state index in [-0.39, 0.29) is 31.4 Å². The molecule has 0 spiro atoms. The normalized spacial score (nSPS) is 11.5. The highest BCUT2D eigenvalue weighted by molar-refractivity contribution is 5.73. The van der Waals surface area contributed by atoms with Crippen molar-refractivity contribution in [3.05, 3.63) is 71.8 Å². The smallest absolute Gasteiger partial charge is 0.310 e. The lowest BCUT2D eigenvalue weighted by atomic mass is 10.1. The molecule has 0 saturated carbocycles. The van der Waals surface area contributed by atoms with Crippen molar-refractivity contribution in [1.29, 1.82) is 0 Å². The molecule has 120 valence electrons. The first-order chi connectivity index (χ1) is 11.1. The molecule has 2 aromatic carbocycles. The Hall–Kier alpha value is -2.62. The van der Waals surface area contributed by atoms with Crippen LogP contribution < -0.4 is 0 Å². The Morgan fingerprint density at radius 3 is 1.83 bits per heavy atom. The van der Waals surface area contributed by atoms with Gasteiger partial charge in [0, 0.05) is 0 Å². The number of esters is 2. The van der Waals surface area contributed by atoms with Gasteiger partial charge in [-0.2, -0.15) is 0 Å². The quantitative estimate of drug-likeness (QED) is 0.738. The molecule has 23 heavy (non-hydrogen) atoms. The molecular weight excluding hydrogens is 292 g/mol. The van der Waals surface area contributed by atoms with E-state index in [9.17, 15) is 9.59 Å². The van der Waals surface area contributed by atoms with Gasteiger partial charge in [0.05, 0.1) is 12.8 Å². The fourth-order valence-corrected chi connectivity index (χ4v) is 2.09. The standard InChI is InChI=1S/C19H20O4/c1-15(23-19(21)13-17-10-6-3-7-11-17)14-22-18(20)12-16-8-4-2-5-9-16/h2-11,15H,12-14H2,1H3. The highest BCUT2D eigenvalue weighted by Crippen LogP contribution is 2.04. The maximum atomic E-state index is 11.8. The molecule has 0 N–H and O–H groups in total. The molecule has 0 aliphatic heterocycles. The number of carbonyl (C=O) groups is 2. The van der Waals surface area contributed by atoms with Gasteiger partial charge in [0.15, 0.2) is 0 Å². The van der Waals surface area contributed by atoms with E-state index >= 15 is 0 Å². The molecule has 0 aromatic heterocycles. The summed E-state index contributed by atoms with van der Waals surface area (Å²) >= 11 is 0. The van der Waals surface area contributed by atoms with Gasteiger partial charge in [-0.1, -0.05) is 60.7 Å². The van der Waals surface area contributed by atoms with E-state index in [0.29, 0.717) is 0 Å². The van der Waals surface area contributed by atoms with E-state index < -0.39 is 6.10 Å². The maximum Gasteiger partial charge on any atom is 0.310 e. The van der Waals surface area contributed by atoms with Crippen LogP contribution in [0.2, 0.25) is 0 Å². The number of hydrogen-bond acceptors (Lipinski definition) is 4. The Balaban J connectivity index is 1.69. The molecule has 0 heterocycles. The predicted octanol–water partition coefficient (Wildman–Crippen LogP) is 2.95. The number of carbonyl (C=O) groups excluding carboxylic acids is 2. The summed E-state index contributed by atoms with van der Waals surface area (Å²) in [7, 11) is 0. The van der Waals surface area contributed by atoms with E-state index in [1.807, 2.05) is 60.7 Å². The van der Waals surface area contributed by atoms with Gasteiger partial charge < -0.3 is 9.47 Å². The Bertz CT molecular complexity index is 622. The molecule has 0 aliphatic rings. The lowest BCUT2D eigenvalue weighted by Crippen LogP contribution is -2.23. The minimum atomic E-state index is -0.467. The zero-order chi connectivity index (χ0) is 16.5. The van der Waals surface area contributed by atoms with Gasteiger partial charge in [0.2, 0.25) is 0 Å². The summed E-state index contributed by atoms with van der Waals surface area (Å²) < 4.78 is 10.4. The molecular formula is C19H20O4. The molecule has 0 fully saturated rings. The van der Waals surface area contributed by atoms with Crippen molar-refractivity contribution in [2.75, 3.05) is 6.61 Å². The highest BCUT2D eigenvalue weighted by atomic mass is 16.6. The first kappa shape index (κ1) is 16.7. The van der Waals surface area contributed by atoms with Gasteiger partial charge in [-0.25, -0.2) is 0 Å². The maximum absolute atomic E-state index is 11.8. The van der Waals surface area contributed by atoms with Crippen LogP contribution in [-0.2, 0) is 31.9 Å². The molecule has 1 atom stereocenters. The number of hydrogen-bond donors (Lipinski definition) is 0. The van der Waals surface area contributed by atoms with Gasteiger partial charge in [-0.05, 0) is 18.1 Å². The lowest BCUT2D eigenvalue weighted by Gasteiger charge is -2.13. The highest BCUT2D eigenvalue weighted by Gasteiger charge is 2.13. The van der Waals surface area contributed by atoms with Crippen molar-refractivity contribution < 1.29 is 19.1 Å². The third-order valence-corrected chi connectivity index (χ3v) is 3.19. The second kappa shape index (κ2) is 8.73. The monoisotopic (exact) mass is 312 g/mol. The van der Waals surface area contributed by atoms with E-state index in [2.05, 4.69) is 0 Å². The van der Waals surface area contributed by atoms with Crippen molar-refractivity contribution in [3.8, 4) is 0 Å². The average molecular weight is 312 g/mol. The van der Waals surface area contributed by atoms with Crippen LogP contribution in [0.3, 0.4) is 0 Å². The van der Waals surface area contributed by atoms with Crippen LogP contribution in [0.1, 0.15) is 18.1 Å². The predicted molar refractivity (Wildman–Crippen MR) is 86.8 cm³/mol. The summed E-state index contributed by atoms with van der Waals surface area (Å²) in [6, 6.07) is 18.7. The Morgan fingerprint density at radius 1 is 0.826 bits per heavy atom. The van der Waals surface area contributed by atoms with E-state index in [1.165, 1.54) is 0 Å². The van der Waals surface area contributed by atoms with Crippen molar-refractivity contribution >= 4 is 11.9 Å². The molecule has 1 unspecified atom stereocenters. The van der Waals surface area contributed by atoms with Crippen molar-refractivity contribution in [1.82, 2.24) is 0 Å². The summed E-state index contributed by atoms with van der Waals surface area (Å²) in [6.07, 6.45) is -0.0415. The van der Waals surface area contributed by atoms with Gasteiger partial charge in [-0.15, -0.1) is 0 Å². The summed E-state index contributed by atoms with van der Waals surface area (Å²) in [6.45, 7) is 1.77. The van der Waals surface area contributed by atoms with Crippen LogP contribution in [0.25, 0.3) is 0 Å². The summed E-state index contributed by atoms with van der Waals surface area (Å²) in [5.41, 5.74) is 1.79. The molecule has 0 amide bonds. The van der Waals surface area contributed by atoms with Crippen molar-refractivity contribution in [2.45, 2.75) is 25.9 Å². The molecule has 4 heteroatoms. The summed E-state index contributed by atoms with van der Waals surface area (Å²) in [5.74, 6) is -0.662. The zero-order valence-electron chi connectivity index (χ0n) is 13.1. The fourth-order valence-electron chi connectivity index (χ4n) is 2.09. The van der Waals surface area contributed by atoms with Crippen LogP contribution in [0.5, 0.6) is 0 Å². The Morgan fingerprint density at radius 2 is 1.30 bits per heavy atom. The van der Waals surface area contributed by atoms with E-state index in [4.69, 9.17) is 9.47 Å². The van der Waals surface area contributed by atoms with Gasteiger partial charge in [0.1, 0.15) is 12.7 Å². The largest absolute Gasteiger partial charge is 0.461 e. The molecule has 0 saturated heterocycles. The third-order valence-electron chi connectivity index (χ3n) is 3.19. The molecule has 0 bridgehead atoms. The number of benzene rings is 2. The van der Waals surface area contributed by atoms with Crippen LogP contribution in [0.4, 0.5) is 0 Å². The first-order valence-corrected chi connectivity index (χ1v) is 7.56. The minimum Gasteiger partial charge on any atom is -0.461 e. The molecule has 2 rings (SSSR count). The molecule has 2 aromatic rings. The van der Waals surface area contributed by atoms with Crippen molar-refractivity contribution in [3.63, 3.8) is 0 Å². The molecule has 4 nitrogen and oxygen atoms in total. The number of ether oxygens (including phenoxy) is 2. The van der Waals surface area contributed by atoms with Crippen LogP contribution >= 0.6 is 0 Å². The first-order valence-electron chi connectivity index (χ1n) is 7.56. The lowest BCUT2D eigenvalue weighted by molar-refractivity contribution is -0.157. The van der Waals surface area contributed by atoms with Crippen LogP contribution in [-0.4, -0.2) is 24.6 Å². The van der Waals surface area contributed by atoms with Gasteiger partial charge in [0.25, 0.3) is 0 Å². The zero-order valence-corrected chi connectivity index (χ0v) is 13.1. The second-order valence-electron chi connectivity index (χ2n) is 5.31. The minimum absolute atomic E-state index is 0.0617. The second-order valence-corrected chi connectivity index (χ2v) is 5.31. The molecule has 0 radical (unpaired) electrons.